The molecule has 0 saturated carbocycles. The molecule has 1 amide bonds. The summed E-state index contributed by atoms with van der Waals surface area (Å²) in [6, 6.07) is 3.02. The summed E-state index contributed by atoms with van der Waals surface area (Å²) in [5.74, 6) is 2.41. The van der Waals surface area contributed by atoms with E-state index >= 15 is 0 Å². The van der Waals surface area contributed by atoms with E-state index in [1.54, 1.807) is 11.0 Å². The molecule has 1 aromatic rings. The van der Waals surface area contributed by atoms with E-state index in [2.05, 4.69) is 10.8 Å². The summed E-state index contributed by atoms with van der Waals surface area (Å²) >= 11 is 0. The van der Waals surface area contributed by atoms with Gasteiger partial charge in [0.25, 0.3) is 0 Å². The molecule has 8 heteroatoms. The second-order valence-corrected chi connectivity index (χ2v) is 8.91. The lowest BCUT2D eigenvalue weighted by molar-refractivity contribution is 0.0139. The van der Waals surface area contributed by atoms with E-state index in [1.165, 1.54) is 13.0 Å². The van der Waals surface area contributed by atoms with Crippen LogP contribution in [-0.4, -0.2) is 56.1 Å². The van der Waals surface area contributed by atoms with Gasteiger partial charge in [0.1, 0.15) is 10.5 Å². The number of ether oxygens (including phenoxy) is 1. The van der Waals surface area contributed by atoms with Gasteiger partial charge in [-0.25, -0.2) is 4.79 Å². The fraction of sp³-hybridized carbons (Fsp3) is 0.526. The van der Waals surface area contributed by atoms with E-state index in [9.17, 15) is 17.1 Å². The van der Waals surface area contributed by atoms with Crippen molar-refractivity contribution < 1.29 is 21.8 Å². The van der Waals surface area contributed by atoms with Gasteiger partial charge in [0.05, 0.1) is 0 Å². The van der Waals surface area contributed by atoms with Gasteiger partial charge in [0.2, 0.25) is 0 Å². The number of piperazine rings is 1. The number of rotatable bonds is 3. The number of carbonyl (C=O) groups is 1. The molecule has 1 saturated heterocycles. The molecule has 1 fully saturated rings. The van der Waals surface area contributed by atoms with Crippen LogP contribution >= 0.6 is 0 Å². The van der Waals surface area contributed by atoms with Gasteiger partial charge >= 0.3 is 16.3 Å². The average Bonchev–Trinajstić information content (AvgIpc) is 2.54. The van der Waals surface area contributed by atoms with Crippen molar-refractivity contribution in [1.82, 2.24) is 9.80 Å². The van der Waals surface area contributed by atoms with Gasteiger partial charge in [-0.2, -0.15) is 8.42 Å². The third-order valence-corrected chi connectivity index (χ3v) is 5.22. The predicted molar refractivity (Wildman–Crippen MR) is 100 cm³/mol. The van der Waals surface area contributed by atoms with Crippen molar-refractivity contribution in [2.24, 2.45) is 0 Å². The van der Waals surface area contributed by atoms with Crippen molar-refractivity contribution >= 4 is 16.3 Å². The van der Waals surface area contributed by atoms with E-state index in [0.29, 0.717) is 43.9 Å². The zero-order valence-electron chi connectivity index (χ0n) is 16.1. The monoisotopic (exact) mass is 396 g/mol. The molecule has 0 N–H and O–H groups in total. The van der Waals surface area contributed by atoms with Crippen LogP contribution in [0.2, 0.25) is 0 Å². The molecule has 0 aliphatic carbocycles. The van der Waals surface area contributed by atoms with Crippen molar-refractivity contribution in [2.75, 3.05) is 26.2 Å². The van der Waals surface area contributed by atoms with Crippen LogP contribution in [0.3, 0.4) is 0 Å². The number of carbonyl (C=O) groups excluding carboxylic acids is 1. The molecule has 0 bridgehead atoms. The quantitative estimate of drug-likeness (QED) is 0.581. The molecule has 148 valence electrons. The Morgan fingerprint density at radius 3 is 2.33 bits per heavy atom. The Bertz CT molecular complexity index is 861. The first-order valence-corrected chi connectivity index (χ1v) is 10.0. The molecular weight excluding hydrogens is 371 g/mol. The minimum atomic E-state index is -4.85. The van der Waals surface area contributed by atoms with E-state index in [0.717, 1.165) is 0 Å². The molecule has 0 spiro atoms. The van der Waals surface area contributed by atoms with Crippen molar-refractivity contribution in [3.63, 3.8) is 0 Å². The van der Waals surface area contributed by atoms with Gasteiger partial charge in [-0.05, 0) is 51.0 Å². The van der Waals surface area contributed by atoms with Gasteiger partial charge < -0.3 is 9.64 Å². The summed E-state index contributed by atoms with van der Waals surface area (Å²) in [5, 5.41) is 0. The Hall–Kier alpha value is -2.11. The van der Waals surface area contributed by atoms with Crippen molar-refractivity contribution in [2.45, 2.75) is 44.7 Å². The second kappa shape index (κ2) is 7.87. The summed E-state index contributed by atoms with van der Waals surface area (Å²) in [6.07, 6.45) is 5.08. The van der Waals surface area contributed by atoms with Crippen LogP contribution in [0, 0.1) is 19.3 Å². The molecule has 0 aromatic heterocycles. The molecule has 0 atom stereocenters. The lowest BCUT2D eigenvalue weighted by atomic mass is 10.0. The van der Waals surface area contributed by atoms with Gasteiger partial charge in [0.15, 0.2) is 0 Å². The Balaban J connectivity index is 2.08. The zero-order valence-corrected chi connectivity index (χ0v) is 16.9. The first-order valence-electron chi connectivity index (χ1n) is 8.66. The summed E-state index contributed by atoms with van der Waals surface area (Å²) in [7, 11) is -4.85. The molecule has 0 radical (unpaired) electrons. The number of hydrogen-bond donors (Lipinski definition) is 0. The number of benzene rings is 1. The fourth-order valence-corrected chi connectivity index (χ4v) is 3.68. The molecule has 6 nitrogen and oxygen atoms in total. The van der Waals surface area contributed by atoms with Crippen LogP contribution in [-0.2, 0) is 21.5 Å². The van der Waals surface area contributed by atoms with E-state index < -0.39 is 15.8 Å². The van der Waals surface area contributed by atoms with Crippen LogP contribution in [0.5, 0.6) is 0 Å². The van der Waals surface area contributed by atoms with Crippen LogP contribution < -0.4 is 0 Å². The highest BCUT2D eigenvalue weighted by Crippen LogP contribution is 2.24. The smallest absolute Gasteiger partial charge is 0.410 e. The second-order valence-electron chi connectivity index (χ2n) is 7.59. The maximum Gasteiger partial charge on any atom is 0.410 e. The molecule has 0 unspecified atom stereocenters. The van der Waals surface area contributed by atoms with Crippen LogP contribution in [0.4, 0.5) is 8.68 Å². The summed E-state index contributed by atoms with van der Waals surface area (Å²) in [5.41, 5.74) is 0.667. The maximum absolute atomic E-state index is 13.6. The number of hydrogen-bond acceptors (Lipinski definition) is 5. The first-order chi connectivity index (χ1) is 12.4. The lowest BCUT2D eigenvalue weighted by Crippen LogP contribution is -2.49. The topological polar surface area (TPSA) is 66.9 Å². The third kappa shape index (κ3) is 5.68. The normalized spacial score (nSPS) is 16.1. The van der Waals surface area contributed by atoms with E-state index in [4.69, 9.17) is 11.2 Å². The molecule has 1 heterocycles. The van der Waals surface area contributed by atoms with Crippen molar-refractivity contribution in [3.8, 4) is 12.3 Å². The summed E-state index contributed by atoms with van der Waals surface area (Å²) in [6.45, 7) is 9.54. The fourth-order valence-electron chi connectivity index (χ4n) is 2.91. The average molecular weight is 396 g/mol. The van der Waals surface area contributed by atoms with Crippen LogP contribution in [0.15, 0.2) is 17.0 Å². The van der Waals surface area contributed by atoms with Crippen LogP contribution in [0.25, 0.3) is 0 Å². The summed E-state index contributed by atoms with van der Waals surface area (Å²) in [4.78, 5) is 15.4. The molecule has 2 rings (SSSR count). The highest BCUT2D eigenvalue weighted by Gasteiger charge is 2.26. The van der Waals surface area contributed by atoms with Crippen LogP contribution in [0.1, 0.15) is 37.5 Å². The SMILES string of the molecule is C#Cc1cc(CN2CCN(C(=O)OC(C)(C)C)CC2)cc(S(=O)(=O)F)c1C. The number of terminal acetylenes is 1. The highest BCUT2D eigenvalue weighted by molar-refractivity contribution is 7.86. The highest BCUT2D eigenvalue weighted by atomic mass is 32.3. The Morgan fingerprint density at radius 1 is 1.26 bits per heavy atom. The van der Waals surface area contributed by atoms with Gasteiger partial charge in [-0.1, -0.05) is 5.92 Å². The maximum atomic E-state index is 13.6. The summed E-state index contributed by atoms with van der Waals surface area (Å²) < 4.78 is 41.7. The minimum absolute atomic E-state index is 0.235. The van der Waals surface area contributed by atoms with Gasteiger partial charge in [0, 0.05) is 38.3 Å². The van der Waals surface area contributed by atoms with E-state index in [1.807, 2.05) is 20.8 Å². The standard InChI is InChI=1S/C19H25FN2O4S/c1-6-16-11-15(12-17(14(16)2)27(20,24)25)13-21-7-9-22(10-8-21)18(23)26-19(3,4)5/h1,11-12H,7-10,13H2,2-5H3. The molecule has 1 aromatic carbocycles. The Labute approximate surface area is 160 Å². The van der Waals surface area contributed by atoms with Crippen molar-refractivity contribution in [3.05, 3.63) is 28.8 Å². The van der Waals surface area contributed by atoms with Gasteiger partial charge in [-0.15, -0.1) is 10.3 Å². The molecule has 27 heavy (non-hydrogen) atoms. The number of nitrogens with zero attached hydrogens (tertiary/aromatic N) is 2. The predicted octanol–water partition coefficient (Wildman–Crippen LogP) is 2.69. The van der Waals surface area contributed by atoms with Gasteiger partial charge in [-0.3, -0.25) is 4.90 Å². The molecule has 1 aliphatic rings. The molecule has 1 aliphatic heterocycles. The zero-order chi connectivity index (χ0) is 20.4. The number of amides is 1. The lowest BCUT2D eigenvalue weighted by Gasteiger charge is -2.35. The molecular formula is C19H25FN2O4S. The third-order valence-electron chi connectivity index (χ3n) is 4.27. The Kier molecular flexibility index (Phi) is 6.17. The largest absolute Gasteiger partial charge is 0.444 e. The number of halogens is 1. The minimum Gasteiger partial charge on any atom is -0.444 e. The van der Waals surface area contributed by atoms with Crippen molar-refractivity contribution in [1.29, 1.82) is 0 Å². The van der Waals surface area contributed by atoms with E-state index in [-0.39, 0.29) is 16.6 Å². The Morgan fingerprint density at radius 2 is 1.85 bits per heavy atom. The first kappa shape index (κ1) is 21.2.